The van der Waals surface area contributed by atoms with Gasteiger partial charge in [0.1, 0.15) is 0 Å². The molecule has 0 radical (unpaired) electrons. The Hall–Kier alpha value is -2.84. The fraction of sp³-hybridized carbons (Fsp3) is 0.500. The molecule has 1 aliphatic heterocycles. The lowest BCUT2D eigenvalue weighted by molar-refractivity contribution is 0.0370. The highest BCUT2D eigenvalue weighted by Crippen LogP contribution is 2.36. The molecule has 1 fully saturated rings. The van der Waals surface area contributed by atoms with Gasteiger partial charge in [-0.15, -0.1) is 0 Å². The lowest BCUT2D eigenvalue weighted by atomic mass is 9.90. The number of hydrogen-bond donors (Lipinski definition) is 1. The van der Waals surface area contributed by atoms with E-state index < -0.39 is 0 Å². The number of rotatable bonds is 11. The number of morpholine rings is 1. The minimum Gasteiger partial charge on any atom is -0.379 e. The van der Waals surface area contributed by atoms with E-state index in [2.05, 4.69) is 56.8 Å². The zero-order valence-corrected chi connectivity index (χ0v) is 23.1. The van der Waals surface area contributed by atoms with E-state index in [4.69, 9.17) is 20.4 Å². The fourth-order valence-corrected chi connectivity index (χ4v) is 6.64. The molecule has 206 valence electrons. The average molecular weight is 527 g/mol. The van der Waals surface area contributed by atoms with Gasteiger partial charge in [-0.2, -0.15) is 0 Å². The summed E-state index contributed by atoms with van der Waals surface area (Å²) >= 11 is 0. The molecule has 39 heavy (non-hydrogen) atoms. The lowest BCUT2D eigenvalue weighted by Gasteiger charge is -2.35. The number of fused-ring (bicyclic) bond motifs is 4. The summed E-state index contributed by atoms with van der Waals surface area (Å²) in [6, 6.07) is 15.7. The number of nitrogens with zero attached hydrogens (tertiary/aromatic N) is 5. The molecule has 1 aliphatic carbocycles. The van der Waals surface area contributed by atoms with Crippen LogP contribution >= 0.6 is 0 Å². The smallest absolute Gasteiger partial charge is 0.0786 e. The first-order valence-corrected chi connectivity index (χ1v) is 14.9. The molecule has 1 aromatic carbocycles. The summed E-state index contributed by atoms with van der Waals surface area (Å²) in [5, 5.41) is 2.63. The van der Waals surface area contributed by atoms with Gasteiger partial charge in [-0.05, 0) is 75.4 Å². The predicted molar refractivity (Wildman–Crippen MR) is 158 cm³/mol. The van der Waals surface area contributed by atoms with Crippen LogP contribution in [0.15, 0.2) is 54.9 Å². The van der Waals surface area contributed by atoms with Crippen LogP contribution in [0.4, 0.5) is 0 Å². The fourth-order valence-electron chi connectivity index (χ4n) is 6.64. The Morgan fingerprint density at radius 2 is 1.82 bits per heavy atom. The Morgan fingerprint density at radius 3 is 2.72 bits per heavy atom. The number of pyridine rings is 2. The van der Waals surface area contributed by atoms with E-state index >= 15 is 0 Å². The molecular formula is C32H42N6O. The largest absolute Gasteiger partial charge is 0.379 e. The van der Waals surface area contributed by atoms with Crippen LogP contribution in [0.1, 0.15) is 55.1 Å². The summed E-state index contributed by atoms with van der Waals surface area (Å²) in [5.41, 5.74) is 12.3. The summed E-state index contributed by atoms with van der Waals surface area (Å²) in [6.07, 6.45) is 10.7. The summed E-state index contributed by atoms with van der Waals surface area (Å²) in [4.78, 5) is 15.1. The van der Waals surface area contributed by atoms with E-state index in [9.17, 15) is 0 Å². The van der Waals surface area contributed by atoms with Gasteiger partial charge in [-0.1, -0.05) is 24.3 Å². The lowest BCUT2D eigenvalue weighted by Crippen LogP contribution is -2.37. The summed E-state index contributed by atoms with van der Waals surface area (Å²) in [6.45, 7) is 8.42. The van der Waals surface area contributed by atoms with Gasteiger partial charge in [0.2, 0.25) is 0 Å². The number of unbranched alkanes of at least 4 members (excludes halogenated alkanes) is 1. The maximum atomic E-state index is 5.90. The van der Waals surface area contributed by atoms with Crippen molar-refractivity contribution in [2.24, 2.45) is 5.73 Å². The zero-order chi connectivity index (χ0) is 26.4. The summed E-state index contributed by atoms with van der Waals surface area (Å²) in [5.74, 6) is 0. The quantitative estimate of drug-likeness (QED) is 0.280. The molecule has 4 heterocycles. The van der Waals surface area contributed by atoms with Crippen LogP contribution in [-0.4, -0.2) is 70.3 Å². The molecule has 3 aromatic heterocycles. The van der Waals surface area contributed by atoms with Crippen LogP contribution in [-0.2, 0) is 24.2 Å². The van der Waals surface area contributed by atoms with E-state index in [0.717, 1.165) is 91.1 Å². The highest BCUT2D eigenvalue weighted by Gasteiger charge is 2.28. The SMILES string of the molecule is NCCCCN(Cc1nccc2c3ccccc3n(CCCN3CCOCC3)c12)C1CCCc2cccnc21. The number of hydrogen-bond acceptors (Lipinski definition) is 6. The molecule has 2 aliphatic rings. The topological polar surface area (TPSA) is 72.4 Å². The molecule has 1 atom stereocenters. The van der Waals surface area contributed by atoms with Gasteiger partial charge >= 0.3 is 0 Å². The zero-order valence-electron chi connectivity index (χ0n) is 23.1. The molecule has 7 heteroatoms. The van der Waals surface area contributed by atoms with Crippen LogP contribution in [0, 0.1) is 0 Å². The van der Waals surface area contributed by atoms with Crippen LogP contribution in [0.5, 0.6) is 0 Å². The third-order valence-corrected chi connectivity index (χ3v) is 8.57. The number of aromatic nitrogens is 3. The summed E-state index contributed by atoms with van der Waals surface area (Å²) < 4.78 is 8.10. The van der Waals surface area contributed by atoms with Gasteiger partial charge in [0.25, 0.3) is 0 Å². The van der Waals surface area contributed by atoms with Crippen molar-refractivity contribution in [3.05, 3.63) is 71.8 Å². The Bertz CT molecular complexity index is 1380. The third kappa shape index (κ3) is 5.73. The molecule has 4 aromatic rings. The first-order valence-electron chi connectivity index (χ1n) is 14.9. The van der Waals surface area contributed by atoms with Crippen molar-refractivity contribution in [3.8, 4) is 0 Å². The van der Waals surface area contributed by atoms with Gasteiger partial charge in [0, 0.05) is 61.4 Å². The van der Waals surface area contributed by atoms with Gasteiger partial charge in [0.05, 0.1) is 36.2 Å². The molecule has 6 rings (SSSR count). The van der Waals surface area contributed by atoms with E-state index in [-0.39, 0.29) is 0 Å². The molecule has 0 amide bonds. The minimum absolute atomic E-state index is 0.323. The first kappa shape index (κ1) is 26.4. The highest BCUT2D eigenvalue weighted by molar-refractivity contribution is 6.08. The molecule has 1 unspecified atom stereocenters. The van der Waals surface area contributed by atoms with Gasteiger partial charge in [-0.3, -0.25) is 19.8 Å². The van der Waals surface area contributed by atoms with Crippen molar-refractivity contribution in [2.45, 2.75) is 57.7 Å². The number of nitrogens with two attached hydrogens (primary N) is 1. The standard InChI is InChI=1S/C32H42N6O/c33-14-3-4-18-37(30-12-5-8-25-9-6-15-35-31(25)30)24-28-32-27(13-16-34-28)26-10-1-2-11-29(26)38(32)19-7-17-36-20-22-39-23-21-36/h1-2,6,9-11,13,15-16,30H,3-5,7-8,12,14,17-24,33H2. The Kier molecular flexibility index (Phi) is 8.50. The Labute approximate surface area is 232 Å². The second-order valence-electron chi connectivity index (χ2n) is 11.1. The van der Waals surface area contributed by atoms with Crippen molar-refractivity contribution in [2.75, 3.05) is 45.9 Å². The molecule has 0 bridgehead atoms. The van der Waals surface area contributed by atoms with Crippen molar-refractivity contribution in [3.63, 3.8) is 0 Å². The average Bonchev–Trinajstić information content (AvgIpc) is 3.31. The van der Waals surface area contributed by atoms with E-state index in [1.54, 1.807) is 0 Å². The normalized spacial score (nSPS) is 18.3. The predicted octanol–water partition coefficient (Wildman–Crippen LogP) is 4.93. The second kappa shape index (κ2) is 12.6. The van der Waals surface area contributed by atoms with Crippen LogP contribution in [0.2, 0.25) is 0 Å². The monoisotopic (exact) mass is 526 g/mol. The van der Waals surface area contributed by atoms with Crippen molar-refractivity contribution >= 4 is 21.8 Å². The third-order valence-electron chi connectivity index (χ3n) is 8.57. The van der Waals surface area contributed by atoms with Crippen molar-refractivity contribution in [1.29, 1.82) is 0 Å². The van der Waals surface area contributed by atoms with Gasteiger partial charge in [-0.25, -0.2) is 0 Å². The van der Waals surface area contributed by atoms with Crippen LogP contribution in [0.25, 0.3) is 21.8 Å². The van der Waals surface area contributed by atoms with Gasteiger partial charge < -0.3 is 15.0 Å². The van der Waals surface area contributed by atoms with Crippen LogP contribution < -0.4 is 5.73 Å². The van der Waals surface area contributed by atoms with Crippen LogP contribution in [0.3, 0.4) is 0 Å². The second-order valence-corrected chi connectivity index (χ2v) is 11.1. The van der Waals surface area contributed by atoms with Crippen molar-refractivity contribution in [1.82, 2.24) is 24.3 Å². The van der Waals surface area contributed by atoms with E-state index in [0.29, 0.717) is 6.04 Å². The number of ether oxygens (including phenoxy) is 1. The Morgan fingerprint density at radius 1 is 0.923 bits per heavy atom. The van der Waals surface area contributed by atoms with Crippen molar-refractivity contribution < 1.29 is 4.74 Å². The Balaban J connectivity index is 1.34. The maximum absolute atomic E-state index is 5.90. The minimum atomic E-state index is 0.323. The molecular weight excluding hydrogens is 484 g/mol. The molecule has 2 N–H and O–H groups in total. The van der Waals surface area contributed by atoms with E-state index in [1.807, 2.05) is 12.4 Å². The first-order chi connectivity index (χ1) is 19.3. The van der Waals surface area contributed by atoms with Gasteiger partial charge in [0.15, 0.2) is 0 Å². The number of benzene rings is 1. The number of para-hydroxylation sites is 1. The molecule has 0 saturated carbocycles. The highest BCUT2D eigenvalue weighted by atomic mass is 16.5. The van der Waals surface area contributed by atoms with E-state index in [1.165, 1.54) is 45.2 Å². The molecule has 7 nitrogen and oxygen atoms in total. The summed E-state index contributed by atoms with van der Waals surface area (Å²) in [7, 11) is 0. The molecule has 1 saturated heterocycles. The molecule has 0 spiro atoms. The number of aryl methyl sites for hydroxylation is 2. The maximum Gasteiger partial charge on any atom is 0.0786 e.